The maximum Gasteiger partial charge on any atom is 0.327 e. The van der Waals surface area contributed by atoms with E-state index in [1.807, 2.05) is 12.1 Å². The number of carbonyl (C=O) groups is 2. The zero-order chi connectivity index (χ0) is 18.4. The second-order valence-electron chi connectivity index (χ2n) is 6.98. The Morgan fingerprint density at radius 2 is 1.72 bits per heavy atom. The summed E-state index contributed by atoms with van der Waals surface area (Å²) in [6, 6.07) is 10.2. The molecule has 1 heterocycles. The van der Waals surface area contributed by atoms with E-state index in [-0.39, 0.29) is 17.3 Å². The third-order valence-corrected chi connectivity index (χ3v) is 5.96. The third kappa shape index (κ3) is 3.00. The predicted molar refractivity (Wildman–Crippen MR) is 93.9 cm³/mol. The molecule has 0 saturated carbocycles. The van der Waals surface area contributed by atoms with Crippen LogP contribution in [0.1, 0.15) is 20.8 Å². The van der Waals surface area contributed by atoms with Gasteiger partial charge in [-0.25, -0.2) is 8.42 Å². The fraction of sp³-hybridized carbons (Fsp3) is 0.333. The number of nitrogens with zero attached hydrogens (tertiary/aromatic N) is 1. The van der Waals surface area contributed by atoms with E-state index in [1.165, 1.54) is 6.07 Å². The van der Waals surface area contributed by atoms with Crippen molar-refractivity contribution in [3.63, 3.8) is 0 Å². The summed E-state index contributed by atoms with van der Waals surface area (Å²) in [6.45, 7) is 4.35. The quantitative estimate of drug-likeness (QED) is 0.782. The number of ketones is 1. The number of hydrogen-bond donors (Lipinski definition) is 0. The van der Waals surface area contributed by atoms with Gasteiger partial charge in [-0.1, -0.05) is 45.0 Å². The number of carbonyl (C=O) groups excluding carboxylic acids is 2. The number of sulfonamides is 1. The number of ether oxygens (including phenoxy) is 1. The van der Waals surface area contributed by atoms with Gasteiger partial charge in [0.2, 0.25) is 0 Å². The summed E-state index contributed by atoms with van der Waals surface area (Å²) in [5.74, 6) is -0.985. The molecule has 6 nitrogen and oxygen atoms in total. The highest BCUT2D eigenvalue weighted by molar-refractivity contribution is 7.93. The second-order valence-corrected chi connectivity index (χ2v) is 8.81. The van der Waals surface area contributed by atoms with Crippen molar-refractivity contribution >= 4 is 38.2 Å². The van der Waals surface area contributed by atoms with E-state index < -0.39 is 28.0 Å². The van der Waals surface area contributed by atoms with E-state index in [1.54, 1.807) is 39.0 Å². The van der Waals surface area contributed by atoms with Crippen LogP contribution in [0.3, 0.4) is 0 Å². The molecule has 0 aliphatic carbocycles. The fourth-order valence-electron chi connectivity index (χ4n) is 2.65. The summed E-state index contributed by atoms with van der Waals surface area (Å²) in [4.78, 5) is 24.1. The number of esters is 1. The molecule has 1 aliphatic heterocycles. The summed E-state index contributed by atoms with van der Waals surface area (Å²) in [5, 5.41) is 1.39. The number of benzene rings is 2. The molecule has 0 aromatic heterocycles. The molecule has 2 aromatic carbocycles. The zero-order valence-electron chi connectivity index (χ0n) is 14.3. The molecule has 0 N–H and O–H groups in total. The van der Waals surface area contributed by atoms with Crippen molar-refractivity contribution in [1.82, 2.24) is 0 Å². The Hall–Kier alpha value is -2.41. The third-order valence-electron chi connectivity index (χ3n) is 4.15. The van der Waals surface area contributed by atoms with Gasteiger partial charge in [0.25, 0.3) is 10.0 Å². The summed E-state index contributed by atoms with van der Waals surface area (Å²) in [6.07, 6.45) is 0. The highest BCUT2D eigenvalue weighted by Gasteiger charge is 2.37. The largest absolute Gasteiger partial charge is 0.456 e. The Kier molecular flexibility index (Phi) is 4.07. The van der Waals surface area contributed by atoms with E-state index in [2.05, 4.69) is 0 Å². The Morgan fingerprint density at radius 1 is 1.08 bits per heavy atom. The predicted octanol–water partition coefficient (Wildman–Crippen LogP) is 2.51. The lowest BCUT2D eigenvalue weighted by Gasteiger charge is -2.19. The molecule has 0 amide bonds. The maximum absolute atomic E-state index is 12.7. The topological polar surface area (TPSA) is 80.8 Å². The summed E-state index contributed by atoms with van der Waals surface area (Å²) in [7, 11) is -3.81. The highest BCUT2D eigenvalue weighted by Crippen LogP contribution is 2.41. The van der Waals surface area contributed by atoms with Crippen molar-refractivity contribution in [3.05, 3.63) is 36.4 Å². The second kappa shape index (κ2) is 5.84. The average molecular weight is 361 g/mol. The van der Waals surface area contributed by atoms with Crippen molar-refractivity contribution in [2.75, 3.05) is 17.5 Å². The van der Waals surface area contributed by atoms with Gasteiger partial charge in [0.05, 0.1) is 10.6 Å². The van der Waals surface area contributed by atoms with E-state index >= 15 is 0 Å². The molecule has 3 rings (SSSR count). The standard InChI is InChI=1S/C18H19NO5S/c1-18(2,3)15(20)11-24-16(21)10-19-13-8-4-6-12-7-5-9-14(17(12)13)25(19,22)23/h4-9H,10-11H2,1-3H3. The van der Waals surface area contributed by atoms with Crippen LogP contribution in [-0.2, 0) is 24.3 Å². The van der Waals surface area contributed by atoms with E-state index in [0.29, 0.717) is 11.1 Å². The molecular weight excluding hydrogens is 342 g/mol. The lowest BCUT2D eigenvalue weighted by atomic mass is 9.91. The molecule has 25 heavy (non-hydrogen) atoms. The Balaban J connectivity index is 1.84. The van der Waals surface area contributed by atoms with E-state index in [4.69, 9.17) is 4.74 Å². The molecule has 7 heteroatoms. The van der Waals surface area contributed by atoms with E-state index in [9.17, 15) is 18.0 Å². The van der Waals surface area contributed by atoms with Crippen LogP contribution >= 0.6 is 0 Å². The monoisotopic (exact) mass is 361 g/mol. The maximum atomic E-state index is 12.7. The van der Waals surface area contributed by atoms with Gasteiger partial charge < -0.3 is 4.74 Å². The van der Waals surface area contributed by atoms with Crippen molar-refractivity contribution in [3.8, 4) is 0 Å². The first-order chi connectivity index (χ1) is 11.6. The minimum Gasteiger partial charge on any atom is -0.456 e. The average Bonchev–Trinajstić information content (AvgIpc) is 2.75. The van der Waals surface area contributed by atoms with Crippen LogP contribution in [0, 0.1) is 5.41 Å². The Bertz CT molecular complexity index is 967. The minimum absolute atomic E-state index is 0.180. The summed E-state index contributed by atoms with van der Waals surface area (Å²) in [5.41, 5.74) is -0.172. The summed E-state index contributed by atoms with van der Waals surface area (Å²) >= 11 is 0. The molecule has 0 radical (unpaired) electrons. The number of rotatable bonds is 4. The van der Waals surface area contributed by atoms with Crippen molar-refractivity contribution in [1.29, 1.82) is 0 Å². The first-order valence-electron chi connectivity index (χ1n) is 7.86. The van der Waals surface area contributed by atoms with Crippen molar-refractivity contribution in [2.24, 2.45) is 5.41 Å². The van der Waals surface area contributed by atoms with Gasteiger partial charge in [-0.2, -0.15) is 0 Å². The number of hydrogen-bond acceptors (Lipinski definition) is 5. The van der Waals surface area contributed by atoms with Crippen LogP contribution in [0.4, 0.5) is 5.69 Å². The first-order valence-corrected chi connectivity index (χ1v) is 9.30. The molecule has 0 saturated heterocycles. The summed E-state index contributed by atoms with van der Waals surface area (Å²) < 4.78 is 31.5. The highest BCUT2D eigenvalue weighted by atomic mass is 32.2. The molecule has 2 aromatic rings. The number of Topliss-reactive ketones (excluding diaryl/α,β-unsaturated/α-hetero) is 1. The van der Waals surface area contributed by atoms with Crippen molar-refractivity contribution in [2.45, 2.75) is 25.7 Å². The fourth-order valence-corrected chi connectivity index (χ4v) is 4.31. The molecule has 0 atom stereocenters. The van der Waals surface area contributed by atoms with Gasteiger partial charge in [-0.3, -0.25) is 13.9 Å². The Morgan fingerprint density at radius 3 is 2.36 bits per heavy atom. The van der Waals surface area contributed by atoms with Crippen LogP contribution < -0.4 is 4.31 Å². The normalized spacial score (nSPS) is 15.4. The van der Waals surface area contributed by atoms with Crippen LogP contribution in [0.25, 0.3) is 10.8 Å². The molecular formula is C18H19NO5S. The SMILES string of the molecule is CC(C)(C)C(=O)COC(=O)CN1c2cccc3cccc(c23)S1(=O)=O. The van der Waals surface area contributed by atoms with Gasteiger partial charge in [-0.15, -0.1) is 0 Å². The first kappa shape index (κ1) is 17.4. The van der Waals surface area contributed by atoms with Gasteiger partial charge >= 0.3 is 5.97 Å². The molecule has 0 bridgehead atoms. The molecule has 0 spiro atoms. The van der Waals surface area contributed by atoms with Crippen LogP contribution in [-0.4, -0.2) is 33.3 Å². The molecule has 1 aliphatic rings. The Labute approximate surface area is 146 Å². The van der Waals surface area contributed by atoms with Gasteiger partial charge in [0.1, 0.15) is 6.54 Å². The van der Waals surface area contributed by atoms with Gasteiger partial charge in [0, 0.05) is 10.8 Å². The lowest BCUT2D eigenvalue weighted by Crippen LogP contribution is -2.35. The van der Waals surface area contributed by atoms with Gasteiger partial charge in [0.15, 0.2) is 12.4 Å². The smallest absolute Gasteiger partial charge is 0.327 e. The zero-order valence-corrected chi connectivity index (χ0v) is 15.1. The van der Waals surface area contributed by atoms with Crippen molar-refractivity contribution < 1.29 is 22.7 Å². The van der Waals surface area contributed by atoms with Gasteiger partial charge in [-0.05, 0) is 17.5 Å². The van der Waals surface area contributed by atoms with Crippen LogP contribution in [0.15, 0.2) is 41.3 Å². The van der Waals surface area contributed by atoms with Crippen LogP contribution in [0.5, 0.6) is 0 Å². The lowest BCUT2D eigenvalue weighted by molar-refractivity contribution is -0.148. The van der Waals surface area contributed by atoms with E-state index in [0.717, 1.165) is 9.69 Å². The van der Waals surface area contributed by atoms with Crippen LogP contribution in [0.2, 0.25) is 0 Å². The molecule has 0 unspecified atom stereocenters. The molecule has 132 valence electrons. The minimum atomic E-state index is -3.81. The number of anilines is 1. The molecule has 0 fully saturated rings.